The van der Waals surface area contributed by atoms with Crippen molar-refractivity contribution in [3.8, 4) is 11.5 Å². The molecule has 8 heteroatoms. The van der Waals surface area contributed by atoms with Crippen LogP contribution in [-0.2, 0) is 0 Å². The Morgan fingerprint density at radius 2 is 1.55 bits per heavy atom. The molecule has 0 spiro atoms. The first-order valence-electron chi connectivity index (χ1n) is 8.46. The van der Waals surface area contributed by atoms with Crippen LogP contribution in [0.5, 0.6) is 11.5 Å². The van der Waals surface area contributed by atoms with Crippen LogP contribution < -0.4 is 10.7 Å². The first-order valence-corrected chi connectivity index (χ1v) is 8.46. The highest BCUT2D eigenvalue weighted by atomic mass is 19.1. The predicted molar refractivity (Wildman–Crippen MR) is 106 cm³/mol. The van der Waals surface area contributed by atoms with Crippen LogP contribution in [0.3, 0.4) is 0 Å². The number of phenols is 2. The predicted octanol–water partition coefficient (Wildman–Crippen LogP) is 3.25. The molecule has 7 nitrogen and oxygen atoms in total. The van der Waals surface area contributed by atoms with Gasteiger partial charge in [-0.2, -0.15) is 5.10 Å². The fourth-order valence-electron chi connectivity index (χ4n) is 2.47. The van der Waals surface area contributed by atoms with Crippen molar-refractivity contribution in [3.05, 3.63) is 89.2 Å². The van der Waals surface area contributed by atoms with E-state index in [1.807, 2.05) is 0 Å². The summed E-state index contributed by atoms with van der Waals surface area (Å²) in [4.78, 5) is 24.7. The molecule has 0 aliphatic rings. The molecule has 0 unspecified atom stereocenters. The lowest BCUT2D eigenvalue weighted by molar-refractivity contribution is 0.0956. The first-order chi connectivity index (χ1) is 14.0. The molecule has 0 radical (unpaired) electrons. The van der Waals surface area contributed by atoms with Crippen molar-refractivity contribution < 1.29 is 24.2 Å². The molecule has 0 fully saturated rings. The highest BCUT2D eigenvalue weighted by Crippen LogP contribution is 2.24. The summed E-state index contributed by atoms with van der Waals surface area (Å²) in [6.45, 7) is 0. The minimum atomic E-state index is -0.689. The minimum absolute atomic E-state index is 0.128. The zero-order chi connectivity index (χ0) is 20.8. The maximum Gasteiger partial charge on any atom is 0.273 e. The Kier molecular flexibility index (Phi) is 5.84. The van der Waals surface area contributed by atoms with Crippen molar-refractivity contribution in [1.29, 1.82) is 0 Å². The number of nitrogens with one attached hydrogen (secondary N) is 2. The molecular formula is C21H16FN3O4. The maximum atomic E-state index is 13.8. The molecule has 0 aromatic heterocycles. The number of rotatable bonds is 5. The van der Waals surface area contributed by atoms with Crippen LogP contribution in [0.1, 0.15) is 26.3 Å². The van der Waals surface area contributed by atoms with E-state index in [1.165, 1.54) is 60.8 Å². The molecule has 0 saturated carbocycles. The molecule has 3 aromatic rings. The van der Waals surface area contributed by atoms with E-state index in [0.29, 0.717) is 5.56 Å². The third kappa shape index (κ3) is 4.75. The number of anilines is 1. The second-order valence-corrected chi connectivity index (χ2v) is 5.93. The van der Waals surface area contributed by atoms with E-state index in [9.17, 15) is 24.2 Å². The number of aromatic hydroxyl groups is 2. The highest BCUT2D eigenvalue weighted by Gasteiger charge is 2.15. The monoisotopic (exact) mass is 393 g/mol. The van der Waals surface area contributed by atoms with Gasteiger partial charge in [-0.1, -0.05) is 24.3 Å². The Bertz CT molecular complexity index is 1100. The average molecular weight is 393 g/mol. The number of halogens is 1. The lowest BCUT2D eigenvalue weighted by Gasteiger charge is -2.10. The van der Waals surface area contributed by atoms with E-state index in [0.717, 1.165) is 0 Å². The molecule has 0 atom stereocenters. The van der Waals surface area contributed by atoms with E-state index in [-0.39, 0.29) is 28.3 Å². The smallest absolute Gasteiger partial charge is 0.273 e. The second-order valence-electron chi connectivity index (χ2n) is 5.93. The number of phenolic OH excluding ortho intramolecular Hbond substituents is 2. The van der Waals surface area contributed by atoms with Crippen LogP contribution in [0.25, 0.3) is 0 Å². The van der Waals surface area contributed by atoms with Gasteiger partial charge in [-0.05, 0) is 48.0 Å². The van der Waals surface area contributed by atoms with Gasteiger partial charge in [0.15, 0.2) is 11.5 Å². The van der Waals surface area contributed by atoms with Crippen LogP contribution in [0.15, 0.2) is 71.8 Å². The SMILES string of the molecule is O=C(Nc1ccccc1C(=O)N/N=C\c1ccc(O)c(O)c1)c1ccccc1F. The number of hydrazone groups is 1. The number of carbonyl (C=O) groups excluding carboxylic acids is 2. The van der Waals surface area contributed by atoms with Gasteiger partial charge in [0.2, 0.25) is 0 Å². The van der Waals surface area contributed by atoms with Crippen LogP contribution in [0.2, 0.25) is 0 Å². The van der Waals surface area contributed by atoms with Gasteiger partial charge in [0, 0.05) is 0 Å². The number of hydrogen-bond donors (Lipinski definition) is 4. The topological polar surface area (TPSA) is 111 Å². The number of carbonyl (C=O) groups is 2. The summed E-state index contributed by atoms with van der Waals surface area (Å²) in [6.07, 6.45) is 1.28. The van der Waals surface area contributed by atoms with Crippen LogP contribution in [0.4, 0.5) is 10.1 Å². The molecule has 0 bridgehead atoms. The van der Waals surface area contributed by atoms with Crippen LogP contribution in [-0.4, -0.2) is 28.2 Å². The molecule has 2 amide bonds. The van der Waals surface area contributed by atoms with Gasteiger partial charge in [0.25, 0.3) is 11.8 Å². The van der Waals surface area contributed by atoms with Crippen molar-refractivity contribution >= 4 is 23.7 Å². The Balaban J connectivity index is 1.73. The summed E-state index contributed by atoms with van der Waals surface area (Å²) in [5.41, 5.74) is 2.93. The summed E-state index contributed by atoms with van der Waals surface area (Å²) < 4.78 is 13.8. The van der Waals surface area contributed by atoms with E-state index >= 15 is 0 Å². The number of nitrogens with zero attached hydrogens (tertiary/aromatic N) is 1. The molecule has 3 aromatic carbocycles. The minimum Gasteiger partial charge on any atom is -0.504 e. The van der Waals surface area contributed by atoms with E-state index in [2.05, 4.69) is 15.8 Å². The molecule has 0 saturated heterocycles. The number of hydrogen-bond acceptors (Lipinski definition) is 5. The first kappa shape index (κ1) is 19.6. The molecule has 0 aliphatic carbocycles. The molecule has 4 N–H and O–H groups in total. The summed E-state index contributed by atoms with van der Waals surface area (Å²) in [5.74, 6) is -2.55. The van der Waals surface area contributed by atoms with Gasteiger partial charge in [-0.15, -0.1) is 0 Å². The molecule has 29 heavy (non-hydrogen) atoms. The lowest BCUT2D eigenvalue weighted by Crippen LogP contribution is -2.21. The van der Waals surface area contributed by atoms with Gasteiger partial charge in [-0.25, -0.2) is 9.82 Å². The van der Waals surface area contributed by atoms with E-state index < -0.39 is 17.6 Å². The number of para-hydroxylation sites is 1. The Morgan fingerprint density at radius 1 is 0.862 bits per heavy atom. The quantitative estimate of drug-likeness (QED) is 0.303. The fourth-order valence-corrected chi connectivity index (χ4v) is 2.47. The van der Waals surface area contributed by atoms with Crippen molar-refractivity contribution in [2.45, 2.75) is 0 Å². The normalized spacial score (nSPS) is 10.7. The van der Waals surface area contributed by atoms with Crippen molar-refractivity contribution in [1.82, 2.24) is 5.43 Å². The summed E-state index contributed by atoms with van der Waals surface area (Å²) in [6, 6.07) is 15.8. The maximum absolute atomic E-state index is 13.8. The van der Waals surface area contributed by atoms with Crippen LogP contribution >= 0.6 is 0 Å². The second kappa shape index (κ2) is 8.66. The highest BCUT2D eigenvalue weighted by molar-refractivity contribution is 6.09. The summed E-state index contributed by atoms with van der Waals surface area (Å²) in [7, 11) is 0. The van der Waals surface area contributed by atoms with E-state index in [4.69, 9.17) is 0 Å². The van der Waals surface area contributed by atoms with Gasteiger partial charge >= 0.3 is 0 Å². The molecule has 0 aliphatic heterocycles. The zero-order valence-corrected chi connectivity index (χ0v) is 15.0. The third-order valence-corrected chi connectivity index (χ3v) is 3.92. The van der Waals surface area contributed by atoms with Crippen LogP contribution in [0, 0.1) is 5.82 Å². The van der Waals surface area contributed by atoms with Crippen molar-refractivity contribution in [3.63, 3.8) is 0 Å². The Labute approximate surface area is 165 Å². The summed E-state index contributed by atoms with van der Waals surface area (Å²) >= 11 is 0. The lowest BCUT2D eigenvalue weighted by atomic mass is 10.1. The van der Waals surface area contributed by atoms with Gasteiger partial charge in [0.1, 0.15) is 5.82 Å². The van der Waals surface area contributed by atoms with Crippen molar-refractivity contribution in [2.75, 3.05) is 5.32 Å². The average Bonchev–Trinajstić information content (AvgIpc) is 2.71. The zero-order valence-electron chi connectivity index (χ0n) is 15.0. The third-order valence-electron chi connectivity index (χ3n) is 3.92. The molecular weight excluding hydrogens is 377 g/mol. The van der Waals surface area contributed by atoms with Gasteiger partial charge < -0.3 is 15.5 Å². The number of benzene rings is 3. The number of amides is 2. The summed E-state index contributed by atoms with van der Waals surface area (Å²) in [5, 5.41) is 25.0. The standard InChI is InChI=1S/C21H16FN3O4/c22-16-7-3-1-5-14(16)20(28)24-17-8-4-2-6-15(17)21(29)25-23-12-13-9-10-18(26)19(27)11-13/h1-12,26-27H,(H,24,28)(H,25,29)/b23-12-. The Hall–Kier alpha value is -4.20. The largest absolute Gasteiger partial charge is 0.504 e. The van der Waals surface area contributed by atoms with Gasteiger partial charge in [-0.3, -0.25) is 9.59 Å². The molecule has 3 rings (SSSR count). The van der Waals surface area contributed by atoms with E-state index in [1.54, 1.807) is 12.1 Å². The fraction of sp³-hybridized carbons (Fsp3) is 0. The Morgan fingerprint density at radius 3 is 2.28 bits per heavy atom. The molecule has 0 heterocycles. The van der Waals surface area contributed by atoms with Gasteiger partial charge in [0.05, 0.1) is 23.0 Å². The van der Waals surface area contributed by atoms with Crippen molar-refractivity contribution in [2.24, 2.45) is 5.10 Å². The molecule has 146 valence electrons.